The molecule has 5 rings (SSSR count). The van der Waals surface area contributed by atoms with Crippen molar-refractivity contribution in [2.24, 2.45) is 4.99 Å². The summed E-state index contributed by atoms with van der Waals surface area (Å²) >= 11 is 2.80. The number of rotatable bonds is 2. The first-order chi connectivity index (χ1) is 14.1. The molecule has 1 N–H and O–H groups in total. The van der Waals surface area contributed by atoms with Gasteiger partial charge in [0, 0.05) is 0 Å². The Morgan fingerprint density at radius 1 is 0.931 bits per heavy atom. The van der Waals surface area contributed by atoms with Gasteiger partial charge in [-0.2, -0.15) is 0 Å². The van der Waals surface area contributed by atoms with Gasteiger partial charge in [0.25, 0.3) is 0 Å². The van der Waals surface area contributed by atoms with Crippen LogP contribution in [0.25, 0.3) is 6.08 Å². The number of fused-ring (bicyclic) bond motifs is 2. The van der Waals surface area contributed by atoms with E-state index >= 15 is 0 Å². The fourth-order valence-electron chi connectivity index (χ4n) is 3.19. The first-order valence-electron chi connectivity index (χ1n) is 8.69. The van der Waals surface area contributed by atoms with Crippen LogP contribution in [0.1, 0.15) is 4.44 Å². The summed E-state index contributed by atoms with van der Waals surface area (Å²) in [5, 5.41) is 2.56. The Morgan fingerprint density at radius 3 is 2.24 bits per heavy atom. The molecule has 2 aliphatic rings. The van der Waals surface area contributed by atoms with Gasteiger partial charge in [-0.25, -0.2) is 0 Å². The molecule has 3 heterocycles. The molecular weight excluding hydrogens is 563 g/mol. The van der Waals surface area contributed by atoms with Crippen molar-refractivity contribution >= 4 is 93.0 Å². The zero-order chi connectivity index (χ0) is 20.0. The Bertz CT molecular complexity index is 1180. The van der Waals surface area contributed by atoms with Crippen LogP contribution in [0.15, 0.2) is 71.2 Å². The number of amidine groups is 1. The Hall–Kier alpha value is -2.17. The van der Waals surface area contributed by atoms with Crippen molar-refractivity contribution < 1.29 is 9.59 Å². The molecule has 0 fully saturated rings. The summed E-state index contributed by atoms with van der Waals surface area (Å²) in [6.45, 7) is 0. The molecule has 0 saturated carbocycles. The number of carbonyl (C=O) groups is 2. The summed E-state index contributed by atoms with van der Waals surface area (Å²) in [4.78, 5) is 30.4. The van der Waals surface area contributed by atoms with Crippen LogP contribution < -0.4 is 19.1 Å². The molecule has 1 radical (unpaired) electrons. The molecule has 2 aliphatic heterocycles. The first kappa shape index (κ1) is 18.8. The molecule has 2 aromatic carbocycles. The molecular formula is C21H12N3O2Se3. The topological polar surface area (TPSA) is 61.8 Å². The maximum absolute atomic E-state index is 12.2. The van der Waals surface area contributed by atoms with E-state index in [9.17, 15) is 9.59 Å². The number of nitrogens with zero attached hydrogens (tertiary/aromatic N) is 2. The standard InChI is InChI=1S/C21H12N3O2Se3/c25-19-13(20(26)23-21(27)22-19)11-12-9-10-18(28-12)24-14-5-1-3-7-16(14)29-17-8-4-2-6-15(17)24/h1-11H,(H,22,23,25,26). The summed E-state index contributed by atoms with van der Waals surface area (Å²) < 4.78 is 5.06. The van der Waals surface area contributed by atoms with Crippen LogP contribution in [-0.2, 0) is 9.59 Å². The number of amides is 2. The van der Waals surface area contributed by atoms with Crippen molar-refractivity contribution in [2.75, 3.05) is 4.90 Å². The average Bonchev–Trinajstić information content (AvgIpc) is 3.17. The zero-order valence-corrected chi connectivity index (χ0v) is 19.9. The SMILES string of the molecule is O=C1N=C([Se])NC(=O)/C1=C\c1ccc(N2c3ccccc3[Se]c3ccccc32)[se]1. The predicted molar refractivity (Wildman–Crippen MR) is 117 cm³/mol. The number of para-hydroxylation sites is 2. The van der Waals surface area contributed by atoms with Crippen LogP contribution in [0, 0.1) is 0 Å². The Balaban J connectivity index is 1.58. The van der Waals surface area contributed by atoms with Crippen LogP contribution in [0.4, 0.5) is 15.9 Å². The van der Waals surface area contributed by atoms with Gasteiger partial charge < -0.3 is 0 Å². The number of hydrogen-bond acceptors (Lipinski definition) is 3. The van der Waals surface area contributed by atoms with E-state index in [2.05, 4.69) is 85.8 Å². The molecule has 8 heteroatoms. The minimum absolute atomic E-state index is 0.0412. The van der Waals surface area contributed by atoms with Crippen LogP contribution >= 0.6 is 0 Å². The number of carbonyl (C=O) groups excluding carboxylic acids is 2. The maximum atomic E-state index is 12.2. The monoisotopic (exact) mass is 578 g/mol. The van der Waals surface area contributed by atoms with Crippen molar-refractivity contribution in [2.45, 2.75) is 0 Å². The van der Waals surface area contributed by atoms with Crippen molar-refractivity contribution in [3.8, 4) is 0 Å². The van der Waals surface area contributed by atoms with E-state index in [1.807, 2.05) is 6.07 Å². The van der Waals surface area contributed by atoms with Gasteiger partial charge in [0.15, 0.2) is 0 Å². The minimum atomic E-state index is -0.510. The van der Waals surface area contributed by atoms with E-state index in [4.69, 9.17) is 0 Å². The molecule has 29 heavy (non-hydrogen) atoms. The molecule has 0 unspecified atom stereocenters. The van der Waals surface area contributed by atoms with Crippen molar-refractivity contribution in [1.82, 2.24) is 5.32 Å². The number of aliphatic imine (C=N–C) groups is 1. The van der Waals surface area contributed by atoms with Gasteiger partial charge >= 0.3 is 188 Å². The van der Waals surface area contributed by atoms with Crippen LogP contribution in [0.5, 0.6) is 0 Å². The first-order valence-corrected chi connectivity index (χ1v) is 13.0. The normalized spacial score (nSPS) is 16.9. The fourth-order valence-corrected chi connectivity index (χ4v) is 7.83. The van der Waals surface area contributed by atoms with Gasteiger partial charge in [0.1, 0.15) is 0 Å². The van der Waals surface area contributed by atoms with Gasteiger partial charge in [-0.1, -0.05) is 0 Å². The van der Waals surface area contributed by atoms with Crippen LogP contribution in [-0.4, -0.2) is 62.0 Å². The van der Waals surface area contributed by atoms with E-state index in [0.717, 1.165) is 4.44 Å². The molecule has 0 aliphatic carbocycles. The van der Waals surface area contributed by atoms with Crippen molar-refractivity contribution in [3.05, 3.63) is 70.7 Å². The van der Waals surface area contributed by atoms with Gasteiger partial charge in [0.2, 0.25) is 0 Å². The van der Waals surface area contributed by atoms with Gasteiger partial charge in [-0.05, 0) is 0 Å². The average molecular weight is 575 g/mol. The second-order valence-electron chi connectivity index (χ2n) is 6.28. The Kier molecular flexibility index (Phi) is 4.92. The van der Waals surface area contributed by atoms with E-state index in [1.165, 1.54) is 24.9 Å². The molecule has 2 amide bonds. The molecule has 1 aromatic heterocycles. The molecule has 0 spiro atoms. The zero-order valence-electron chi connectivity index (χ0n) is 14.8. The van der Waals surface area contributed by atoms with E-state index in [0.29, 0.717) is 0 Å². The molecule has 5 nitrogen and oxygen atoms in total. The third-order valence-electron chi connectivity index (χ3n) is 4.45. The summed E-state index contributed by atoms with van der Waals surface area (Å²) in [7, 11) is 0. The van der Waals surface area contributed by atoms with Crippen molar-refractivity contribution in [3.63, 3.8) is 0 Å². The third-order valence-corrected chi connectivity index (χ3v) is 9.36. The van der Waals surface area contributed by atoms with E-state index in [-0.39, 0.29) is 39.8 Å². The molecule has 141 valence electrons. The van der Waals surface area contributed by atoms with E-state index < -0.39 is 11.8 Å². The molecule has 0 atom stereocenters. The summed E-state index contributed by atoms with van der Waals surface area (Å²) in [5.74, 6) is -0.927. The number of hydrogen-bond donors (Lipinski definition) is 1. The third kappa shape index (κ3) is 3.49. The molecule has 3 aromatic rings. The number of nitrogens with one attached hydrogen (secondary N) is 1. The summed E-state index contributed by atoms with van der Waals surface area (Å²) in [6, 6.07) is 21.1. The number of anilines is 3. The molecule has 0 bridgehead atoms. The summed E-state index contributed by atoms with van der Waals surface area (Å²) in [5.41, 5.74) is 2.50. The predicted octanol–water partition coefficient (Wildman–Crippen LogP) is 0.746. The second kappa shape index (κ2) is 7.58. The fraction of sp³-hybridized carbons (Fsp3) is 0. The van der Waals surface area contributed by atoms with Gasteiger partial charge in [0.05, 0.1) is 0 Å². The Labute approximate surface area is 187 Å². The van der Waals surface area contributed by atoms with Crippen LogP contribution in [0.2, 0.25) is 0 Å². The quantitative estimate of drug-likeness (QED) is 0.218. The van der Waals surface area contributed by atoms with Crippen molar-refractivity contribution in [1.29, 1.82) is 0 Å². The van der Waals surface area contributed by atoms with Gasteiger partial charge in [-0.15, -0.1) is 0 Å². The molecule has 0 saturated heterocycles. The Morgan fingerprint density at radius 2 is 1.59 bits per heavy atom. The number of benzene rings is 2. The van der Waals surface area contributed by atoms with Crippen LogP contribution in [0.3, 0.4) is 0 Å². The van der Waals surface area contributed by atoms with Gasteiger partial charge in [-0.3, -0.25) is 0 Å². The summed E-state index contributed by atoms with van der Waals surface area (Å²) in [6.07, 6.45) is 1.67. The van der Waals surface area contributed by atoms with E-state index in [1.54, 1.807) is 6.08 Å². The second-order valence-corrected chi connectivity index (χ2v) is 11.7.